The SMILES string of the molecule is CC[C@@H](C)N(C(=O)c1csnc1C)[C@H](C)CC. The molecule has 0 radical (unpaired) electrons. The number of nitrogens with zero attached hydrogens (tertiary/aromatic N) is 2. The summed E-state index contributed by atoms with van der Waals surface area (Å²) in [4.78, 5) is 14.5. The highest BCUT2D eigenvalue weighted by Crippen LogP contribution is 2.19. The van der Waals surface area contributed by atoms with E-state index in [0.717, 1.165) is 24.1 Å². The Bertz CT molecular complexity index is 365. The molecule has 1 aromatic rings. The van der Waals surface area contributed by atoms with Crippen LogP contribution in [-0.4, -0.2) is 27.3 Å². The Morgan fingerprint density at radius 2 is 1.88 bits per heavy atom. The highest BCUT2D eigenvalue weighted by molar-refractivity contribution is 7.03. The molecule has 0 aliphatic heterocycles. The molecule has 1 rings (SSSR count). The fourth-order valence-electron chi connectivity index (χ4n) is 1.86. The van der Waals surface area contributed by atoms with Crippen molar-refractivity contribution in [2.24, 2.45) is 0 Å². The summed E-state index contributed by atoms with van der Waals surface area (Å²) in [5.74, 6) is 0.125. The summed E-state index contributed by atoms with van der Waals surface area (Å²) in [6.45, 7) is 10.4. The van der Waals surface area contributed by atoms with E-state index < -0.39 is 0 Å². The van der Waals surface area contributed by atoms with Crippen LogP contribution in [-0.2, 0) is 0 Å². The Kier molecular flexibility index (Phi) is 5.12. The standard InChI is InChI=1S/C13H22N2OS/c1-6-9(3)15(10(4)7-2)13(16)12-8-17-14-11(12)5/h8-10H,6-7H2,1-5H3/t9-,10-/m1/s1. The van der Waals surface area contributed by atoms with E-state index in [4.69, 9.17) is 0 Å². The van der Waals surface area contributed by atoms with Crippen LogP contribution >= 0.6 is 11.5 Å². The molecular weight excluding hydrogens is 232 g/mol. The molecule has 17 heavy (non-hydrogen) atoms. The van der Waals surface area contributed by atoms with Gasteiger partial charge in [-0.15, -0.1) is 0 Å². The van der Waals surface area contributed by atoms with E-state index in [1.54, 1.807) is 0 Å². The van der Waals surface area contributed by atoms with Crippen LogP contribution in [0.15, 0.2) is 5.38 Å². The van der Waals surface area contributed by atoms with Crippen molar-refractivity contribution in [3.8, 4) is 0 Å². The van der Waals surface area contributed by atoms with Crippen molar-refractivity contribution in [2.75, 3.05) is 0 Å². The van der Waals surface area contributed by atoms with Crippen LogP contribution in [0.4, 0.5) is 0 Å². The first-order chi connectivity index (χ1) is 8.02. The van der Waals surface area contributed by atoms with E-state index in [2.05, 4.69) is 32.1 Å². The number of hydrogen-bond acceptors (Lipinski definition) is 3. The molecular formula is C13H22N2OS. The first-order valence-corrected chi connectivity index (χ1v) is 7.10. The van der Waals surface area contributed by atoms with Crippen molar-refractivity contribution >= 4 is 17.4 Å². The maximum absolute atomic E-state index is 12.5. The lowest BCUT2D eigenvalue weighted by Gasteiger charge is -2.33. The molecule has 1 heterocycles. The first-order valence-electron chi connectivity index (χ1n) is 6.26. The number of amides is 1. The zero-order valence-electron chi connectivity index (χ0n) is 11.4. The summed E-state index contributed by atoms with van der Waals surface area (Å²) in [7, 11) is 0. The van der Waals surface area contributed by atoms with E-state index in [0.29, 0.717) is 0 Å². The highest BCUT2D eigenvalue weighted by atomic mass is 32.1. The van der Waals surface area contributed by atoms with Gasteiger partial charge < -0.3 is 4.90 Å². The second kappa shape index (κ2) is 6.15. The average Bonchev–Trinajstić information content (AvgIpc) is 2.74. The van der Waals surface area contributed by atoms with E-state index in [1.807, 2.05) is 17.2 Å². The predicted molar refractivity (Wildman–Crippen MR) is 72.5 cm³/mol. The maximum atomic E-state index is 12.5. The normalized spacial score (nSPS) is 14.4. The van der Waals surface area contributed by atoms with Crippen molar-refractivity contribution < 1.29 is 4.79 Å². The summed E-state index contributed by atoms with van der Waals surface area (Å²) in [6.07, 6.45) is 1.96. The van der Waals surface area contributed by atoms with Gasteiger partial charge in [-0.05, 0) is 45.1 Å². The van der Waals surface area contributed by atoms with Crippen LogP contribution in [0.1, 0.15) is 56.6 Å². The molecule has 2 atom stereocenters. The van der Waals surface area contributed by atoms with E-state index in [-0.39, 0.29) is 18.0 Å². The number of aromatic nitrogens is 1. The van der Waals surface area contributed by atoms with Gasteiger partial charge in [0.2, 0.25) is 0 Å². The van der Waals surface area contributed by atoms with Gasteiger partial charge in [0.15, 0.2) is 0 Å². The van der Waals surface area contributed by atoms with Crippen molar-refractivity contribution in [3.05, 3.63) is 16.6 Å². The number of carbonyl (C=O) groups is 1. The quantitative estimate of drug-likeness (QED) is 0.806. The second-order valence-electron chi connectivity index (χ2n) is 4.54. The van der Waals surface area contributed by atoms with Gasteiger partial charge in [0.05, 0.1) is 11.3 Å². The largest absolute Gasteiger partial charge is 0.333 e. The third-order valence-corrected chi connectivity index (χ3v) is 4.07. The molecule has 0 spiro atoms. The third kappa shape index (κ3) is 3.06. The molecule has 96 valence electrons. The molecule has 0 fully saturated rings. The Morgan fingerprint density at radius 1 is 1.35 bits per heavy atom. The number of rotatable bonds is 5. The fraction of sp³-hybridized carbons (Fsp3) is 0.692. The van der Waals surface area contributed by atoms with Crippen LogP contribution in [0, 0.1) is 6.92 Å². The summed E-state index contributed by atoms with van der Waals surface area (Å²) in [5, 5.41) is 1.86. The molecule has 1 amide bonds. The summed E-state index contributed by atoms with van der Waals surface area (Å²) in [5.41, 5.74) is 1.60. The number of hydrogen-bond donors (Lipinski definition) is 0. The number of carbonyl (C=O) groups excluding carboxylic acids is 1. The van der Waals surface area contributed by atoms with Crippen molar-refractivity contribution in [3.63, 3.8) is 0 Å². The first kappa shape index (κ1) is 14.2. The monoisotopic (exact) mass is 254 g/mol. The van der Waals surface area contributed by atoms with Gasteiger partial charge >= 0.3 is 0 Å². The lowest BCUT2D eigenvalue weighted by Crippen LogP contribution is -2.44. The summed E-state index contributed by atoms with van der Waals surface area (Å²) >= 11 is 1.35. The topological polar surface area (TPSA) is 33.2 Å². The molecule has 0 saturated heterocycles. The molecule has 0 aliphatic rings. The van der Waals surface area contributed by atoms with Gasteiger partial charge in [-0.3, -0.25) is 4.79 Å². The predicted octanol–water partition coefficient (Wildman–Crippen LogP) is 3.49. The molecule has 0 aliphatic carbocycles. The van der Waals surface area contributed by atoms with Gasteiger partial charge in [-0.2, -0.15) is 4.37 Å². The molecule has 0 unspecified atom stereocenters. The van der Waals surface area contributed by atoms with E-state index >= 15 is 0 Å². The van der Waals surface area contributed by atoms with Gasteiger partial charge in [0.1, 0.15) is 0 Å². The Morgan fingerprint density at radius 3 is 2.24 bits per heavy atom. The highest BCUT2D eigenvalue weighted by Gasteiger charge is 2.26. The van der Waals surface area contributed by atoms with Crippen LogP contribution < -0.4 is 0 Å². The van der Waals surface area contributed by atoms with Crippen LogP contribution in [0.25, 0.3) is 0 Å². The fourth-order valence-corrected chi connectivity index (χ4v) is 2.55. The molecule has 0 N–H and O–H groups in total. The lowest BCUT2D eigenvalue weighted by molar-refractivity contribution is 0.0598. The molecule has 0 saturated carbocycles. The zero-order chi connectivity index (χ0) is 13.0. The van der Waals surface area contributed by atoms with E-state index in [1.165, 1.54) is 11.5 Å². The number of aryl methyl sites for hydroxylation is 1. The van der Waals surface area contributed by atoms with Gasteiger partial charge in [0, 0.05) is 17.5 Å². The Hall–Kier alpha value is -0.900. The van der Waals surface area contributed by atoms with Crippen molar-refractivity contribution in [1.82, 2.24) is 9.27 Å². The molecule has 0 bridgehead atoms. The van der Waals surface area contributed by atoms with Crippen molar-refractivity contribution in [2.45, 2.75) is 59.5 Å². The van der Waals surface area contributed by atoms with Gasteiger partial charge in [-0.25, -0.2) is 0 Å². The molecule has 1 aromatic heterocycles. The smallest absolute Gasteiger partial charge is 0.257 e. The third-order valence-electron chi connectivity index (χ3n) is 3.35. The van der Waals surface area contributed by atoms with Crippen LogP contribution in [0.2, 0.25) is 0 Å². The summed E-state index contributed by atoms with van der Waals surface area (Å²) in [6, 6.07) is 0.550. The molecule has 4 heteroatoms. The second-order valence-corrected chi connectivity index (χ2v) is 5.17. The Balaban J connectivity index is 2.99. The minimum absolute atomic E-state index is 0.125. The van der Waals surface area contributed by atoms with Gasteiger partial charge in [0.25, 0.3) is 5.91 Å². The minimum atomic E-state index is 0.125. The van der Waals surface area contributed by atoms with Crippen LogP contribution in [0.3, 0.4) is 0 Å². The summed E-state index contributed by atoms with van der Waals surface area (Å²) < 4.78 is 4.18. The van der Waals surface area contributed by atoms with Crippen LogP contribution in [0.5, 0.6) is 0 Å². The molecule has 0 aromatic carbocycles. The molecule has 3 nitrogen and oxygen atoms in total. The maximum Gasteiger partial charge on any atom is 0.257 e. The van der Waals surface area contributed by atoms with Gasteiger partial charge in [-0.1, -0.05) is 13.8 Å². The minimum Gasteiger partial charge on any atom is -0.333 e. The zero-order valence-corrected chi connectivity index (χ0v) is 12.2. The lowest BCUT2D eigenvalue weighted by atomic mass is 10.1. The Labute approximate surface area is 108 Å². The van der Waals surface area contributed by atoms with E-state index in [9.17, 15) is 4.79 Å². The van der Waals surface area contributed by atoms with Crippen molar-refractivity contribution in [1.29, 1.82) is 0 Å². The average molecular weight is 254 g/mol.